The average Bonchev–Trinajstić information content (AvgIpc) is 3.22. The summed E-state index contributed by atoms with van der Waals surface area (Å²) in [4.78, 5) is 12.4. The zero-order valence-electron chi connectivity index (χ0n) is 37.1. The topological polar surface area (TPSA) is 69.6 Å². The van der Waals surface area contributed by atoms with E-state index in [1.807, 2.05) is 6.08 Å². The monoisotopic (exact) mass is 788 g/mol. The molecule has 2 atom stereocenters. The lowest BCUT2D eigenvalue weighted by Gasteiger charge is -2.19. The normalized spacial score (nSPS) is 14.0. The molecule has 0 fully saturated rings. The number of allylic oxidation sites excluding steroid dienone is 17. The highest BCUT2D eigenvalue weighted by molar-refractivity contribution is 5.76. The minimum atomic E-state index is -0.873. The van der Waals surface area contributed by atoms with Crippen molar-refractivity contribution in [1.29, 1.82) is 0 Å². The van der Waals surface area contributed by atoms with E-state index in [-0.39, 0.29) is 12.5 Å². The molecule has 0 radical (unpaired) electrons. The second-order valence-corrected chi connectivity index (χ2v) is 15.4. The zero-order chi connectivity index (χ0) is 41.4. The van der Waals surface area contributed by atoms with E-state index in [4.69, 9.17) is 0 Å². The van der Waals surface area contributed by atoms with Crippen LogP contribution < -0.4 is 5.32 Å². The summed E-state index contributed by atoms with van der Waals surface area (Å²) in [6.45, 7) is 4.04. The smallest absolute Gasteiger partial charge is 0.220 e. The molecule has 0 rings (SSSR count). The highest BCUT2D eigenvalue weighted by Crippen LogP contribution is 2.15. The van der Waals surface area contributed by atoms with Crippen molar-refractivity contribution in [1.82, 2.24) is 5.32 Å². The Morgan fingerprint density at radius 3 is 1.16 bits per heavy atom. The average molecular weight is 788 g/mol. The van der Waals surface area contributed by atoms with Gasteiger partial charge in [0.15, 0.2) is 0 Å². The van der Waals surface area contributed by atoms with Crippen LogP contribution in [0.15, 0.2) is 109 Å². The van der Waals surface area contributed by atoms with E-state index in [2.05, 4.69) is 116 Å². The number of aliphatic hydroxyl groups is 2. The lowest BCUT2D eigenvalue weighted by atomic mass is 10.0. The van der Waals surface area contributed by atoms with Gasteiger partial charge in [-0.1, -0.05) is 213 Å². The third-order valence-electron chi connectivity index (χ3n) is 9.98. The van der Waals surface area contributed by atoms with Crippen LogP contribution in [0.5, 0.6) is 0 Å². The van der Waals surface area contributed by atoms with E-state index in [0.717, 1.165) is 83.5 Å². The summed E-state index contributed by atoms with van der Waals surface area (Å²) >= 11 is 0. The first kappa shape index (κ1) is 54.1. The van der Waals surface area contributed by atoms with Crippen LogP contribution in [-0.2, 0) is 4.79 Å². The maximum Gasteiger partial charge on any atom is 0.220 e. The number of aliphatic hydroxyl groups excluding tert-OH is 2. The summed E-state index contributed by atoms with van der Waals surface area (Å²) < 4.78 is 0. The molecule has 0 aliphatic rings. The van der Waals surface area contributed by atoms with E-state index < -0.39 is 12.1 Å². The molecule has 1 amide bonds. The predicted molar refractivity (Wildman–Crippen MR) is 253 cm³/mol. The van der Waals surface area contributed by atoms with Crippen LogP contribution in [0.2, 0.25) is 0 Å². The van der Waals surface area contributed by atoms with E-state index in [1.54, 1.807) is 6.08 Å². The van der Waals surface area contributed by atoms with Gasteiger partial charge < -0.3 is 15.5 Å². The Labute approximate surface area is 353 Å². The number of carbonyl (C=O) groups excluding carboxylic acids is 1. The number of hydrogen-bond donors (Lipinski definition) is 3. The van der Waals surface area contributed by atoms with E-state index >= 15 is 0 Å². The Balaban J connectivity index is 3.52. The number of amides is 1. The van der Waals surface area contributed by atoms with Gasteiger partial charge in [-0.3, -0.25) is 4.79 Å². The fraction of sp³-hybridized carbons (Fsp3) is 0.642. The molecule has 4 nitrogen and oxygen atoms in total. The number of carbonyl (C=O) groups is 1. The molecular formula is C53H89NO3. The van der Waals surface area contributed by atoms with Crippen LogP contribution in [0, 0.1) is 0 Å². The van der Waals surface area contributed by atoms with E-state index in [1.165, 1.54) is 96.3 Å². The first-order valence-corrected chi connectivity index (χ1v) is 23.6. The summed E-state index contributed by atoms with van der Waals surface area (Å²) in [5, 5.41) is 22.9. The van der Waals surface area contributed by atoms with Gasteiger partial charge >= 0.3 is 0 Å². The van der Waals surface area contributed by atoms with Crippen LogP contribution in [0.4, 0.5) is 0 Å². The van der Waals surface area contributed by atoms with Crippen LogP contribution in [0.1, 0.15) is 200 Å². The van der Waals surface area contributed by atoms with Crippen LogP contribution >= 0.6 is 0 Å². The van der Waals surface area contributed by atoms with Crippen molar-refractivity contribution in [3.8, 4) is 0 Å². The molecular weight excluding hydrogens is 699 g/mol. The summed E-state index contributed by atoms with van der Waals surface area (Å²) in [5.74, 6) is -0.0848. The lowest BCUT2D eigenvalue weighted by Crippen LogP contribution is -2.45. The number of nitrogens with one attached hydrogen (secondary N) is 1. The van der Waals surface area contributed by atoms with Crippen molar-refractivity contribution in [2.24, 2.45) is 0 Å². The van der Waals surface area contributed by atoms with Gasteiger partial charge in [-0.15, -0.1) is 0 Å². The van der Waals surface area contributed by atoms with Crippen LogP contribution in [-0.4, -0.2) is 34.9 Å². The lowest BCUT2D eigenvalue weighted by molar-refractivity contribution is -0.123. The summed E-state index contributed by atoms with van der Waals surface area (Å²) in [6.07, 6.45) is 72.3. The molecule has 0 spiro atoms. The highest BCUT2D eigenvalue weighted by atomic mass is 16.3. The Kier molecular flexibility index (Phi) is 45.0. The van der Waals surface area contributed by atoms with Gasteiger partial charge in [0.1, 0.15) is 0 Å². The minimum absolute atomic E-state index is 0.0848. The molecule has 0 aliphatic heterocycles. The van der Waals surface area contributed by atoms with Crippen molar-refractivity contribution in [2.75, 3.05) is 6.61 Å². The molecule has 2 unspecified atom stereocenters. The second-order valence-electron chi connectivity index (χ2n) is 15.4. The number of hydrogen-bond acceptors (Lipinski definition) is 3. The molecule has 3 N–H and O–H groups in total. The highest BCUT2D eigenvalue weighted by Gasteiger charge is 2.17. The Morgan fingerprint density at radius 2 is 0.737 bits per heavy atom. The Morgan fingerprint density at radius 1 is 0.421 bits per heavy atom. The quantitative estimate of drug-likeness (QED) is 0.0427. The third-order valence-corrected chi connectivity index (χ3v) is 9.98. The van der Waals surface area contributed by atoms with E-state index in [9.17, 15) is 15.0 Å². The van der Waals surface area contributed by atoms with Gasteiger partial charge in [-0.2, -0.15) is 0 Å². The third kappa shape index (κ3) is 44.0. The van der Waals surface area contributed by atoms with Crippen LogP contribution in [0.25, 0.3) is 0 Å². The Bertz CT molecular complexity index is 1120. The summed E-state index contributed by atoms with van der Waals surface area (Å²) in [5.41, 5.74) is 0. The van der Waals surface area contributed by atoms with E-state index in [0.29, 0.717) is 6.42 Å². The molecule has 0 aromatic rings. The maximum absolute atomic E-state index is 12.4. The minimum Gasteiger partial charge on any atom is -0.394 e. The summed E-state index contributed by atoms with van der Waals surface area (Å²) in [6, 6.07) is -0.648. The molecule has 0 aromatic heterocycles. The first-order chi connectivity index (χ1) is 28.2. The maximum atomic E-state index is 12.4. The molecule has 0 heterocycles. The second kappa shape index (κ2) is 47.4. The molecule has 57 heavy (non-hydrogen) atoms. The van der Waals surface area contributed by atoms with Crippen LogP contribution in [0.3, 0.4) is 0 Å². The standard InChI is InChI=1S/C53H89NO3/c1-3-5-7-9-11-13-15-16-17-18-19-20-21-22-23-24-25-26-27-28-29-30-31-32-33-34-35-36-37-38-39-41-43-45-47-49-53(57)54-51(50-55)52(56)48-46-44-42-40-14-12-10-8-6-4-2/h5-8,11,13-14,16-17,19-20,22-23,25-26,40,46,48,51-52,55-56H,3-4,9-10,12,15,18,21,24,27-39,41-45,47,49-50H2,1-2H3,(H,54,57)/b7-5-,8-6+,13-11-,17-16-,20-19-,23-22-,26-25-,40-14+,48-46+. The van der Waals surface area contributed by atoms with Crippen molar-refractivity contribution in [3.63, 3.8) is 0 Å². The van der Waals surface area contributed by atoms with Crippen molar-refractivity contribution < 1.29 is 15.0 Å². The largest absolute Gasteiger partial charge is 0.394 e. The SMILES string of the molecule is CC/C=C\C/C=C\C/C=C\C/C=C\C/C=C\C/C=C\CCCCCCCCCCCCCCCCCCC(=O)NC(CO)C(O)/C=C/CC/C=C/CC/C=C/CC. The zero-order valence-corrected chi connectivity index (χ0v) is 37.1. The van der Waals surface area contributed by atoms with Gasteiger partial charge in [0.25, 0.3) is 0 Å². The summed E-state index contributed by atoms with van der Waals surface area (Å²) in [7, 11) is 0. The van der Waals surface area contributed by atoms with Crippen molar-refractivity contribution in [2.45, 2.75) is 212 Å². The van der Waals surface area contributed by atoms with Gasteiger partial charge in [-0.05, 0) is 89.9 Å². The van der Waals surface area contributed by atoms with Gasteiger partial charge in [0.2, 0.25) is 5.91 Å². The molecule has 0 aromatic carbocycles. The van der Waals surface area contributed by atoms with Crippen molar-refractivity contribution in [3.05, 3.63) is 109 Å². The molecule has 324 valence electrons. The van der Waals surface area contributed by atoms with Crippen molar-refractivity contribution >= 4 is 5.91 Å². The molecule has 0 bridgehead atoms. The van der Waals surface area contributed by atoms with Gasteiger partial charge in [0.05, 0.1) is 18.8 Å². The molecule has 0 aliphatic carbocycles. The fourth-order valence-corrected chi connectivity index (χ4v) is 6.46. The number of rotatable bonds is 41. The molecule has 4 heteroatoms. The fourth-order valence-electron chi connectivity index (χ4n) is 6.46. The number of unbranched alkanes of at least 4 members (excludes halogenated alkanes) is 18. The van der Waals surface area contributed by atoms with Gasteiger partial charge in [-0.25, -0.2) is 0 Å². The molecule has 0 saturated heterocycles. The predicted octanol–water partition coefficient (Wildman–Crippen LogP) is 15.2. The Hall–Kier alpha value is -2.95. The first-order valence-electron chi connectivity index (χ1n) is 23.6. The molecule has 0 saturated carbocycles. The van der Waals surface area contributed by atoms with Gasteiger partial charge in [0, 0.05) is 6.42 Å².